The lowest BCUT2D eigenvalue weighted by atomic mass is 10.1. The van der Waals surface area contributed by atoms with Crippen molar-refractivity contribution in [3.63, 3.8) is 0 Å². The highest BCUT2D eigenvalue weighted by Gasteiger charge is 2.14. The Balaban J connectivity index is 2.04. The van der Waals surface area contributed by atoms with Crippen LogP contribution < -0.4 is 5.32 Å². The van der Waals surface area contributed by atoms with Gasteiger partial charge in [0.05, 0.1) is 12.8 Å². The fourth-order valence-electron chi connectivity index (χ4n) is 2.36. The average molecular weight is 286 g/mol. The number of furan rings is 1. The van der Waals surface area contributed by atoms with Crippen LogP contribution in [-0.2, 0) is 19.6 Å². The van der Waals surface area contributed by atoms with Crippen molar-refractivity contribution in [1.82, 2.24) is 10.2 Å². The Morgan fingerprint density at radius 1 is 1.10 bits per heavy atom. The fraction of sp³-hybridized carbons (Fsp3) is 0.444. The number of nitrogens with one attached hydrogen (secondary N) is 1. The first-order valence-electron chi connectivity index (χ1n) is 7.74. The number of nitrogens with zero attached hydrogens (tertiary/aromatic N) is 1. The van der Waals surface area contributed by atoms with Gasteiger partial charge >= 0.3 is 0 Å². The Labute approximate surface area is 128 Å². The smallest absolute Gasteiger partial charge is 0.122 e. The molecule has 0 saturated heterocycles. The molecular weight excluding hydrogens is 260 g/mol. The predicted octanol–water partition coefficient (Wildman–Crippen LogP) is 3.80. The molecule has 0 unspecified atom stereocenters. The molecule has 1 aromatic heterocycles. The summed E-state index contributed by atoms with van der Waals surface area (Å²) in [5, 5.41) is 3.33. The third kappa shape index (κ3) is 4.73. The van der Waals surface area contributed by atoms with Crippen molar-refractivity contribution in [2.45, 2.75) is 46.4 Å². The topological polar surface area (TPSA) is 28.4 Å². The molecule has 0 bridgehead atoms. The SMILES string of the molecule is CCNCc1occc1CN(Cc1ccccc1)C(C)C. The van der Waals surface area contributed by atoms with Crippen LogP contribution in [0.3, 0.4) is 0 Å². The normalized spacial score (nSPS) is 11.5. The molecule has 0 saturated carbocycles. The van der Waals surface area contributed by atoms with E-state index in [1.807, 2.05) is 0 Å². The van der Waals surface area contributed by atoms with Gasteiger partial charge in [0.2, 0.25) is 0 Å². The molecule has 0 amide bonds. The van der Waals surface area contributed by atoms with Crippen molar-refractivity contribution in [2.24, 2.45) is 0 Å². The van der Waals surface area contributed by atoms with Gasteiger partial charge in [-0.05, 0) is 32.0 Å². The molecule has 0 aliphatic rings. The van der Waals surface area contributed by atoms with Crippen LogP contribution in [0.15, 0.2) is 47.1 Å². The summed E-state index contributed by atoms with van der Waals surface area (Å²) in [6, 6.07) is 13.2. The molecular formula is C18H26N2O. The maximum atomic E-state index is 5.61. The van der Waals surface area contributed by atoms with Crippen molar-refractivity contribution in [3.05, 3.63) is 59.5 Å². The zero-order valence-corrected chi connectivity index (χ0v) is 13.3. The Bertz CT molecular complexity index is 519. The molecule has 2 aromatic rings. The van der Waals surface area contributed by atoms with E-state index in [9.17, 15) is 0 Å². The summed E-state index contributed by atoms with van der Waals surface area (Å²) in [5.74, 6) is 1.05. The van der Waals surface area contributed by atoms with Gasteiger partial charge in [-0.25, -0.2) is 0 Å². The van der Waals surface area contributed by atoms with E-state index in [0.717, 1.165) is 31.9 Å². The minimum Gasteiger partial charge on any atom is -0.468 e. The highest BCUT2D eigenvalue weighted by molar-refractivity contribution is 5.18. The first kappa shape index (κ1) is 15.8. The second-order valence-electron chi connectivity index (χ2n) is 5.63. The summed E-state index contributed by atoms with van der Waals surface area (Å²) in [6.45, 7) is 10.2. The van der Waals surface area contributed by atoms with Crippen molar-refractivity contribution >= 4 is 0 Å². The standard InChI is InChI=1S/C18H26N2O/c1-4-19-12-18-17(10-11-21-18)14-20(15(2)3)13-16-8-6-5-7-9-16/h5-11,15,19H,4,12-14H2,1-3H3. The van der Waals surface area contributed by atoms with Crippen LogP contribution in [0.2, 0.25) is 0 Å². The lowest BCUT2D eigenvalue weighted by Gasteiger charge is -2.26. The van der Waals surface area contributed by atoms with Gasteiger partial charge in [-0.15, -0.1) is 0 Å². The molecule has 0 atom stereocenters. The largest absolute Gasteiger partial charge is 0.468 e. The third-order valence-corrected chi connectivity index (χ3v) is 3.71. The average Bonchev–Trinajstić information content (AvgIpc) is 2.92. The number of hydrogen-bond acceptors (Lipinski definition) is 3. The van der Waals surface area contributed by atoms with Crippen LogP contribution in [0.5, 0.6) is 0 Å². The molecule has 1 aromatic carbocycles. The van der Waals surface area contributed by atoms with Gasteiger partial charge in [-0.1, -0.05) is 37.3 Å². The zero-order valence-electron chi connectivity index (χ0n) is 13.3. The van der Waals surface area contributed by atoms with Gasteiger partial charge < -0.3 is 9.73 Å². The molecule has 0 fully saturated rings. The lowest BCUT2D eigenvalue weighted by molar-refractivity contribution is 0.202. The Morgan fingerprint density at radius 2 is 1.86 bits per heavy atom. The monoisotopic (exact) mass is 286 g/mol. The van der Waals surface area contributed by atoms with Crippen LogP contribution >= 0.6 is 0 Å². The van der Waals surface area contributed by atoms with E-state index in [2.05, 4.69) is 67.4 Å². The summed E-state index contributed by atoms with van der Waals surface area (Å²) in [7, 11) is 0. The molecule has 2 rings (SSSR count). The van der Waals surface area contributed by atoms with Gasteiger partial charge in [0.1, 0.15) is 5.76 Å². The van der Waals surface area contributed by atoms with Crippen molar-refractivity contribution in [2.75, 3.05) is 6.54 Å². The van der Waals surface area contributed by atoms with Gasteiger partial charge in [0, 0.05) is 24.7 Å². The van der Waals surface area contributed by atoms with E-state index >= 15 is 0 Å². The summed E-state index contributed by atoms with van der Waals surface area (Å²) in [5.41, 5.74) is 2.63. The molecule has 21 heavy (non-hydrogen) atoms. The molecule has 1 N–H and O–H groups in total. The summed E-state index contributed by atoms with van der Waals surface area (Å²) in [4.78, 5) is 2.47. The van der Waals surface area contributed by atoms with Crippen molar-refractivity contribution < 1.29 is 4.42 Å². The molecule has 0 aliphatic heterocycles. The van der Waals surface area contributed by atoms with Gasteiger partial charge in [-0.2, -0.15) is 0 Å². The minimum atomic E-state index is 0.493. The third-order valence-electron chi connectivity index (χ3n) is 3.71. The minimum absolute atomic E-state index is 0.493. The lowest BCUT2D eigenvalue weighted by Crippen LogP contribution is -2.30. The molecule has 0 aliphatic carbocycles. The van der Waals surface area contributed by atoms with E-state index in [-0.39, 0.29) is 0 Å². The van der Waals surface area contributed by atoms with Crippen LogP contribution in [0.4, 0.5) is 0 Å². The quantitative estimate of drug-likeness (QED) is 0.800. The number of rotatable bonds is 8. The summed E-state index contributed by atoms with van der Waals surface area (Å²) < 4.78 is 5.61. The van der Waals surface area contributed by atoms with Crippen LogP contribution in [-0.4, -0.2) is 17.5 Å². The second kappa shape index (κ2) is 8.01. The van der Waals surface area contributed by atoms with E-state index in [0.29, 0.717) is 6.04 Å². The van der Waals surface area contributed by atoms with E-state index in [1.165, 1.54) is 11.1 Å². The number of benzene rings is 1. The summed E-state index contributed by atoms with van der Waals surface area (Å²) >= 11 is 0. The van der Waals surface area contributed by atoms with Gasteiger partial charge in [0.15, 0.2) is 0 Å². The summed E-state index contributed by atoms with van der Waals surface area (Å²) in [6.07, 6.45) is 1.79. The highest BCUT2D eigenvalue weighted by atomic mass is 16.3. The molecule has 0 spiro atoms. The van der Waals surface area contributed by atoms with Crippen molar-refractivity contribution in [3.8, 4) is 0 Å². The first-order valence-corrected chi connectivity index (χ1v) is 7.74. The molecule has 3 heteroatoms. The predicted molar refractivity (Wildman–Crippen MR) is 86.9 cm³/mol. The van der Waals surface area contributed by atoms with Crippen molar-refractivity contribution in [1.29, 1.82) is 0 Å². The van der Waals surface area contributed by atoms with Crippen LogP contribution in [0.25, 0.3) is 0 Å². The first-order chi connectivity index (χ1) is 10.2. The Morgan fingerprint density at radius 3 is 2.52 bits per heavy atom. The second-order valence-corrected chi connectivity index (χ2v) is 5.63. The van der Waals surface area contributed by atoms with Gasteiger partial charge in [0.25, 0.3) is 0 Å². The maximum Gasteiger partial charge on any atom is 0.122 e. The van der Waals surface area contributed by atoms with E-state index in [1.54, 1.807) is 6.26 Å². The highest BCUT2D eigenvalue weighted by Crippen LogP contribution is 2.17. The Hall–Kier alpha value is -1.58. The zero-order chi connectivity index (χ0) is 15.1. The fourth-order valence-corrected chi connectivity index (χ4v) is 2.36. The van der Waals surface area contributed by atoms with E-state index in [4.69, 9.17) is 4.42 Å². The van der Waals surface area contributed by atoms with E-state index < -0.39 is 0 Å². The van der Waals surface area contributed by atoms with Crippen LogP contribution in [0.1, 0.15) is 37.7 Å². The van der Waals surface area contributed by atoms with Crippen LogP contribution in [0, 0.1) is 0 Å². The number of hydrogen-bond donors (Lipinski definition) is 1. The Kier molecular flexibility index (Phi) is 6.03. The maximum absolute atomic E-state index is 5.61. The molecule has 114 valence electrons. The molecule has 0 radical (unpaired) electrons. The van der Waals surface area contributed by atoms with Gasteiger partial charge in [-0.3, -0.25) is 4.90 Å². The molecule has 1 heterocycles. The molecule has 3 nitrogen and oxygen atoms in total.